The molecule has 0 unspecified atom stereocenters. The van der Waals surface area contributed by atoms with Crippen LogP contribution >= 0.6 is 0 Å². The predicted molar refractivity (Wildman–Crippen MR) is 121 cm³/mol. The molecule has 0 saturated carbocycles. The number of hydrogen-bond acceptors (Lipinski definition) is 8. The lowest BCUT2D eigenvalue weighted by Gasteiger charge is -2.34. The highest BCUT2D eigenvalue weighted by Crippen LogP contribution is 2.47. The Labute approximate surface area is 203 Å². The maximum Gasteiger partial charge on any atom is 0.453 e. The molecular weight excluding hydrogens is 479 g/mol. The first-order chi connectivity index (χ1) is 17.2. The van der Waals surface area contributed by atoms with E-state index >= 15 is 0 Å². The summed E-state index contributed by atoms with van der Waals surface area (Å²) in [4.78, 5) is 21.5. The van der Waals surface area contributed by atoms with Crippen LogP contribution in [0.3, 0.4) is 0 Å². The normalized spacial score (nSPS) is 19.3. The number of hydrogen-bond donors (Lipinski definition) is 1. The molecule has 188 valence electrons. The van der Waals surface area contributed by atoms with Crippen LogP contribution in [0.15, 0.2) is 47.8 Å². The van der Waals surface area contributed by atoms with Gasteiger partial charge >= 0.3 is 6.18 Å². The summed E-state index contributed by atoms with van der Waals surface area (Å²) in [5.74, 6) is -0.612. The van der Waals surface area contributed by atoms with E-state index in [-0.39, 0.29) is 24.1 Å². The van der Waals surface area contributed by atoms with Crippen molar-refractivity contribution in [1.29, 1.82) is 0 Å². The monoisotopic (exact) mass is 501 g/mol. The Bertz CT molecular complexity index is 1330. The number of benzene rings is 1. The highest BCUT2D eigenvalue weighted by molar-refractivity contribution is 6.00. The second-order valence-corrected chi connectivity index (χ2v) is 8.36. The highest BCUT2D eigenvalue weighted by Gasteiger charge is 2.44. The van der Waals surface area contributed by atoms with Gasteiger partial charge in [0.15, 0.2) is 17.3 Å². The SMILES string of the molecule is COc1cc([C@@H]2CC(=O)C3=C(C2)Nc2nc(C(F)(F)F)nn2[C@@H]3c2ccccn2)cc(OC)c1OC. The third-order valence-corrected chi connectivity index (χ3v) is 6.30. The number of carbonyl (C=O) groups is 1. The van der Waals surface area contributed by atoms with Crippen molar-refractivity contribution in [3.8, 4) is 17.2 Å². The standard InChI is InChI=1S/C24H22F3N5O4/c1-34-17-10-13(11-18(35-2)21(17)36-3)12-8-15-19(16(33)9-12)20(14-6-4-5-7-28-14)32-23(29-15)30-22(31-32)24(25,26)27/h4-7,10-12,20H,8-9H2,1-3H3,(H,29,30,31)/t12-,20+/m0/s1. The van der Waals surface area contributed by atoms with Gasteiger partial charge in [0.05, 0.1) is 27.0 Å². The maximum absolute atomic E-state index is 13.5. The molecule has 3 heterocycles. The zero-order chi connectivity index (χ0) is 25.6. The minimum atomic E-state index is -4.75. The van der Waals surface area contributed by atoms with Gasteiger partial charge in [0.1, 0.15) is 6.04 Å². The van der Waals surface area contributed by atoms with Crippen molar-refractivity contribution in [3.05, 3.63) is 64.9 Å². The first-order valence-electron chi connectivity index (χ1n) is 11.0. The summed E-state index contributed by atoms with van der Waals surface area (Å²) in [5, 5.41) is 6.63. The zero-order valence-corrected chi connectivity index (χ0v) is 19.6. The van der Waals surface area contributed by atoms with Crippen molar-refractivity contribution >= 4 is 11.7 Å². The summed E-state index contributed by atoms with van der Waals surface area (Å²) >= 11 is 0. The van der Waals surface area contributed by atoms with E-state index < -0.39 is 18.0 Å². The van der Waals surface area contributed by atoms with Crippen LogP contribution < -0.4 is 19.5 Å². The van der Waals surface area contributed by atoms with Crippen LogP contribution in [0.2, 0.25) is 0 Å². The Morgan fingerprint density at radius 3 is 2.36 bits per heavy atom. The molecule has 2 atom stereocenters. The number of ether oxygens (including phenoxy) is 3. The second kappa shape index (κ2) is 8.85. The largest absolute Gasteiger partial charge is 0.493 e. The smallest absolute Gasteiger partial charge is 0.453 e. The number of halogens is 3. The lowest BCUT2D eigenvalue weighted by atomic mass is 9.78. The van der Waals surface area contributed by atoms with E-state index in [1.165, 1.54) is 27.5 Å². The molecule has 0 radical (unpaired) electrons. The number of allylic oxidation sites excluding steroid dienone is 2. The molecule has 1 N–H and O–H groups in total. The van der Waals surface area contributed by atoms with Gasteiger partial charge in [-0.25, -0.2) is 4.68 Å². The molecule has 5 rings (SSSR count). The zero-order valence-electron chi connectivity index (χ0n) is 19.6. The summed E-state index contributed by atoms with van der Waals surface area (Å²) in [5.41, 5.74) is 1.97. The number of alkyl halides is 3. The predicted octanol–water partition coefficient (Wildman–Crippen LogP) is 4.13. The van der Waals surface area contributed by atoms with Gasteiger partial charge in [-0.15, -0.1) is 5.10 Å². The van der Waals surface area contributed by atoms with E-state index in [2.05, 4.69) is 20.4 Å². The Balaban J connectivity index is 1.60. The van der Waals surface area contributed by atoms with Gasteiger partial charge in [0, 0.05) is 23.9 Å². The Morgan fingerprint density at radius 1 is 1.06 bits per heavy atom. The van der Waals surface area contributed by atoms with Crippen LogP contribution in [-0.4, -0.2) is 46.9 Å². The average Bonchev–Trinajstić information content (AvgIpc) is 3.31. The average molecular weight is 501 g/mol. The van der Waals surface area contributed by atoms with E-state index in [0.29, 0.717) is 40.6 Å². The number of carbonyl (C=O) groups excluding carboxylic acids is 1. The number of anilines is 1. The first-order valence-corrected chi connectivity index (χ1v) is 11.0. The summed E-state index contributed by atoms with van der Waals surface area (Å²) in [6, 6.07) is 7.65. The number of methoxy groups -OCH3 is 3. The molecule has 36 heavy (non-hydrogen) atoms. The lowest BCUT2D eigenvalue weighted by molar-refractivity contribution is -0.145. The number of nitrogens with zero attached hydrogens (tertiary/aromatic N) is 4. The minimum absolute atomic E-state index is 0.102. The summed E-state index contributed by atoms with van der Waals surface area (Å²) in [6.45, 7) is 0. The van der Waals surface area contributed by atoms with E-state index in [1.54, 1.807) is 30.3 Å². The van der Waals surface area contributed by atoms with Crippen LogP contribution in [0.5, 0.6) is 17.2 Å². The number of pyridine rings is 1. The number of aromatic nitrogens is 4. The summed E-state index contributed by atoms with van der Waals surface area (Å²) < 4.78 is 57.7. The van der Waals surface area contributed by atoms with Gasteiger partial charge in [0.25, 0.3) is 5.82 Å². The van der Waals surface area contributed by atoms with Crippen LogP contribution in [0.4, 0.5) is 19.1 Å². The second-order valence-electron chi connectivity index (χ2n) is 8.36. The van der Waals surface area contributed by atoms with E-state index in [9.17, 15) is 18.0 Å². The molecule has 1 aliphatic heterocycles. The molecule has 3 aromatic rings. The van der Waals surface area contributed by atoms with Crippen LogP contribution in [0.1, 0.15) is 41.9 Å². The van der Waals surface area contributed by atoms with E-state index in [4.69, 9.17) is 14.2 Å². The Kier molecular flexibility index (Phi) is 5.81. The Hall–Kier alpha value is -4.09. The lowest BCUT2D eigenvalue weighted by Crippen LogP contribution is -2.34. The quantitative estimate of drug-likeness (QED) is 0.557. The van der Waals surface area contributed by atoms with Crippen molar-refractivity contribution in [2.24, 2.45) is 0 Å². The van der Waals surface area contributed by atoms with Crippen molar-refractivity contribution < 1.29 is 32.2 Å². The van der Waals surface area contributed by atoms with Crippen molar-refractivity contribution in [2.45, 2.75) is 31.0 Å². The van der Waals surface area contributed by atoms with Gasteiger partial charge < -0.3 is 19.5 Å². The Morgan fingerprint density at radius 2 is 1.78 bits per heavy atom. The molecule has 0 spiro atoms. The number of fused-ring (bicyclic) bond motifs is 1. The number of ketones is 1. The van der Waals surface area contributed by atoms with Crippen molar-refractivity contribution in [3.63, 3.8) is 0 Å². The molecule has 0 fully saturated rings. The van der Waals surface area contributed by atoms with Crippen LogP contribution in [0, 0.1) is 0 Å². The van der Waals surface area contributed by atoms with Gasteiger partial charge in [-0.05, 0) is 42.2 Å². The molecule has 0 bridgehead atoms. The van der Waals surface area contributed by atoms with E-state index in [1.807, 2.05) is 0 Å². The maximum atomic E-state index is 13.5. The van der Waals surface area contributed by atoms with Gasteiger partial charge in [-0.2, -0.15) is 18.2 Å². The fourth-order valence-corrected chi connectivity index (χ4v) is 4.72. The molecule has 9 nitrogen and oxygen atoms in total. The van der Waals surface area contributed by atoms with Crippen LogP contribution in [0.25, 0.3) is 0 Å². The highest BCUT2D eigenvalue weighted by atomic mass is 19.4. The fraction of sp³-hybridized carbons (Fsp3) is 0.333. The molecule has 2 aliphatic rings. The topological polar surface area (TPSA) is 100 Å². The molecule has 0 amide bonds. The van der Waals surface area contributed by atoms with E-state index in [0.717, 1.165) is 10.2 Å². The van der Waals surface area contributed by atoms with Gasteiger partial charge in [-0.1, -0.05) is 6.07 Å². The minimum Gasteiger partial charge on any atom is -0.493 e. The number of rotatable bonds is 5. The number of Topliss-reactive ketones (excluding diaryl/α,β-unsaturated/α-hetero) is 1. The van der Waals surface area contributed by atoms with Crippen molar-refractivity contribution in [1.82, 2.24) is 19.7 Å². The molecule has 1 aromatic carbocycles. The number of nitrogens with one attached hydrogen (secondary N) is 1. The van der Waals surface area contributed by atoms with Crippen molar-refractivity contribution in [2.75, 3.05) is 26.6 Å². The first kappa shape index (κ1) is 23.6. The third-order valence-electron chi connectivity index (χ3n) is 6.30. The molecule has 12 heteroatoms. The molecule has 0 saturated heterocycles. The van der Waals surface area contributed by atoms with Gasteiger partial charge in [0.2, 0.25) is 11.7 Å². The summed E-state index contributed by atoms with van der Waals surface area (Å²) in [6.07, 6.45) is -2.76. The third kappa shape index (κ3) is 3.91. The van der Waals surface area contributed by atoms with Gasteiger partial charge in [-0.3, -0.25) is 9.78 Å². The summed E-state index contributed by atoms with van der Waals surface area (Å²) in [7, 11) is 4.49. The molecule has 2 aromatic heterocycles. The molecular formula is C24H22F3N5O4. The molecule has 1 aliphatic carbocycles. The van der Waals surface area contributed by atoms with Crippen LogP contribution in [-0.2, 0) is 11.0 Å². The fourth-order valence-electron chi connectivity index (χ4n) is 4.72.